The summed E-state index contributed by atoms with van der Waals surface area (Å²) < 4.78 is 10.5. The van der Waals surface area contributed by atoms with Crippen molar-refractivity contribution in [2.75, 3.05) is 24.8 Å². The van der Waals surface area contributed by atoms with Crippen molar-refractivity contribution in [1.82, 2.24) is 9.97 Å². The summed E-state index contributed by atoms with van der Waals surface area (Å²) in [5, 5.41) is 3.16. The first kappa shape index (κ1) is 14.1. The summed E-state index contributed by atoms with van der Waals surface area (Å²) in [5.74, 6) is 0.913. The SMILES string of the molecule is CCOc1ncnc(Nc2cccc(COC)c2)c1N. The molecular formula is C14H18N4O2. The highest BCUT2D eigenvalue weighted by atomic mass is 16.5. The van der Waals surface area contributed by atoms with Gasteiger partial charge in [0.25, 0.3) is 0 Å². The molecule has 0 spiro atoms. The number of nitrogens with zero attached hydrogens (tertiary/aromatic N) is 2. The molecule has 0 aliphatic carbocycles. The fourth-order valence-corrected chi connectivity index (χ4v) is 1.77. The van der Waals surface area contributed by atoms with Gasteiger partial charge in [0.2, 0.25) is 5.88 Å². The topological polar surface area (TPSA) is 82.3 Å². The minimum Gasteiger partial charge on any atom is -0.476 e. The second kappa shape index (κ2) is 6.72. The molecule has 106 valence electrons. The van der Waals surface area contributed by atoms with E-state index in [1.165, 1.54) is 6.33 Å². The van der Waals surface area contributed by atoms with Crippen LogP contribution in [0.2, 0.25) is 0 Å². The minimum absolute atomic E-state index is 0.387. The number of anilines is 3. The molecule has 0 saturated carbocycles. The molecule has 2 aromatic rings. The zero-order valence-electron chi connectivity index (χ0n) is 11.6. The molecule has 1 aromatic carbocycles. The van der Waals surface area contributed by atoms with Crippen LogP contribution in [0.1, 0.15) is 12.5 Å². The van der Waals surface area contributed by atoms with E-state index in [4.69, 9.17) is 15.2 Å². The van der Waals surface area contributed by atoms with Gasteiger partial charge in [-0.3, -0.25) is 0 Å². The standard InChI is InChI=1S/C14H18N4O2/c1-3-20-14-12(15)13(16-9-17-14)18-11-6-4-5-10(7-11)8-19-2/h4-7,9H,3,8,15H2,1-2H3,(H,16,17,18). The van der Waals surface area contributed by atoms with Gasteiger partial charge in [-0.05, 0) is 24.6 Å². The van der Waals surface area contributed by atoms with E-state index in [-0.39, 0.29) is 0 Å². The Bertz CT molecular complexity index is 575. The number of methoxy groups -OCH3 is 1. The van der Waals surface area contributed by atoms with Crippen LogP contribution < -0.4 is 15.8 Å². The lowest BCUT2D eigenvalue weighted by Crippen LogP contribution is -2.05. The van der Waals surface area contributed by atoms with Gasteiger partial charge in [0.15, 0.2) is 5.82 Å². The van der Waals surface area contributed by atoms with Crippen LogP contribution in [0.5, 0.6) is 5.88 Å². The molecule has 0 aliphatic heterocycles. The Morgan fingerprint density at radius 1 is 1.30 bits per heavy atom. The van der Waals surface area contributed by atoms with Crippen molar-refractivity contribution in [2.45, 2.75) is 13.5 Å². The van der Waals surface area contributed by atoms with Gasteiger partial charge in [-0.1, -0.05) is 12.1 Å². The van der Waals surface area contributed by atoms with Gasteiger partial charge in [0, 0.05) is 12.8 Å². The molecule has 0 saturated heterocycles. The zero-order chi connectivity index (χ0) is 14.4. The van der Waals surface area contributed by atoms with Crippen molar-refractivity contribution >= 4 is 17.2 Å². The van der Waals surface area contributed by atoms with E-state index in [1.807, 2.05) is 31.2 Å². The normalized spacial score (nSPS) is 10.3. The summed E-state index contributed by atoms with van der Waals surface area (Å²) in [4.78, 5) is 8.13. The van der Waals surface area contributed by atoms with Gasteiger partial charge in [-0.15, -0.1) is 0 Å². The average Bonchev–Trinajstić information content (AvgIpc) is 2.44. The molecule has 0 bridgehead atoms. The van der Waals surface area contributed by atoms with Crippen LogP contribution in [0, 0.1) is 0 Å². The Hall–Kier alpha value is -2.34. The van der Waals surface area contributed by atoms with Crippen molar-refractivity contribution in [3.63, 3.8) is 0 Å². The lowest BCUT2D eigenvalue weighted by atomic mass is 10.2. The predicted octanol–water partition coefficient (Wildman–Crippen LogP) is 2.35. The number of aromatic nitrogens is 2. The van der Waals surface area contributed by atoms with Gasteiger partial charge in [-0.25, -0.2) is 4.98 Å². The molecule has 1 aromatic heterocycles. The van der Waals surface area contributed by atoms with Crippen molar-refractivity contribution in [1.29, 1.82) is 0 Å². The number of nitrogens with one attached hydrogen (secondary N) is 1. The number of benzene rings is 1. The van der Waals surface area contributed by atoms with Crippen molar-refractivity contribution in [3.05, 3.63) is 36.2 Å². The molecule has 20 heavy (non-hydrogen) atoms. The summed E-state index contributed by atoms with van der Waals surface area (Å²) in [6.07, 6.45) is 1.42. The van der Waals surface area contributed by atoms with E-state index < -0.39 is 0 Å². The fourth-order valence-electron chi connectivity index (χ4n) is 1.77. The molecular weight excluding hydrogens is 256 g/mol. The molecule has 0 fully saturated rings. The molecule has 0 unspecified atom stereocenters. The fraction of sp³-hybridized carbons (Fsp3) is 0.286. The Morgan fingerprint density at radius 2 is 2.15 bits per heavy atom. The maximum absolute atomic E-state index is 5.98. The molecule has 0 amide bonds. The smallest absolute Gasteiger partial charge is 0.242 e. The van der Waals surface area contributed by atoms with Crippen LogP contribution in [-0.4, -0.2) is 23.7 Å². The lowest BCUT2D eigenvalue weighted by molar-refractivity contribution is 0.185. The number of nitrogens with two attached hydrogens (primary N) is 1. The van der Waals surface area contributed by atoms with Gasteiger partial charge >= 0.3 is 0 Å². The molecule has 0 radical (unpaired) electrons. The molecule has 0 aliphatic rings. The first-order valence-electron chi connectivity index (χ1n) is 6.32. The predicted molar refractivity (Wildman–Crippen MR) is 78.1 cm³/mol. The monoisotopic (exact) mass is 274 g/mol. The number of ether oxygens (including phenoxy) is 2. The number of hydrogen-bond donors (Lipinski definition) is 2. The van der Waals surface area contributed by atoms with Crippen LogP contribution in [-0.2, 0) is 11.3 Å². The van der Waals surface area contributed by atoms with E-state index in [0.717, 1.165) is 11.3 Å². The van der Waals surface area contributed by atoms with E-state index in [9.17, 15) is 0 Å². The Labute approximate surface area is 118 Å². The van der Waals surface area contributed by atoms with Gasteiger partial charge in [0.1, 0.15) is 12.0 Å². The molecule has 0 atom stereocenters. The summed E-state index contributed by atoms with van der Waals surface area (Å²) >= 11 is 0. The third-order valence-electron chi connectivity index (χ3n) is 2.63. The molecule has 3 N–H and O–H groups in total. The van der Waals surface area contributed by atoms with Crippen LogP contribution >= 0.6 is 0 Å². The van der Waals surface area contributed by atoms with Crippen molar-refractivity contribution < 1.29 is 9.47 Å². The quantitative estimate of drug-likeness (QED) is 0.841. The van der Waals surface area contributed by atoms with E-state index in [1.54, 1.807) is 7.11 Å². The van der Waals surface area contributed by atoms with Crippen molar-refractivity contribution in [2.24, 2.45) is 0 Å². The summed E-state index contributed by atoms with van der Waals surface area (Å²) in [6, 6.07) is 7.84. The van der Waals surface area contributed by atoms with Crippen LogP contribution in [0.15, 0.2) is 30.6 Å². The van der Waals surface area contributed by atoms with Gasteiger partial charge in [0.05, 0.1) is 13.2 Å². The third-order valence-corrected chi connectivity index (χ3v) is 2.63. The van der Waals surface area contributed by atoms with Crippen LogP contribution in [0.3, 0.4) is 0 Å². The largest absolute Gasteiger partial charge is 0.476 e. The Balaban J connectivity index is 2.21. The number of rotatable bonds is 6. The first-order chi connectivity index (χ1) is 9.74. The van der Waals surface area contributed by atoms with Gasteiger partial charge < -0.3 is 20.5 Å². The van der Waals surface area contributed by atoms with Crippen LogP contribution in [0.25, 0.3) is 0 Å². The minimum atomic E-state index is 0.387. The Morgan fingerprint density at radius 3 is 2.90 bits per heavy atom. The summed E-state index contributed by atoms with van der Waals surface area (Å²) in [6.45, 7) is 2.94. The maximum atomic E-state index is 5.98. The third kappa shape index (κ3) is 3.36. The van der Waals surface area contributed by atoms with E-state index in [0.29, 0.717) is 30.6 Å². The van der Waals surface area contributed by atoms with Crippen molar-refractivity contribution in [3.8, 4) is 5.88 Å². The highest BCUT2D eigenvalue weighted by Crippen LogP contribution is 2.27. The highest BCUT2D eigenvalue weighted by molar-refractivity contribution is 5.72. The summed E-state index contributed by atoms with van der Waals surface area (Å²) in [5.41, 5.74) is 8.32. The number of nitrogen functional groups attached to an aromatic ring is 1. The number of hydrogen-bond acceptors (Lipinski definition) is 6. The molecule has 2 rings (SSSR count). The lowest BCUT2D eigenvalue weighted by Gasteiger charge is -2.11. The second-order valence-corrected chi connectivity index (χ2v) is 4.13. The zero-order valence-corrected chi connectivity index (χ0v) is 11.6. The maximum Gasteiger partial charge on any atom is 0.242 e. The average molecular weight is 274 g/mol. The van der Waals surface area contributed by atoms with Crippen LogP contribution in [0.4, 0.5) is 17.2 Å². The molecule has 1 heterocycles. The van der Waals surface area contributed by atoms with E-state index >= 15 is 0 Å². The highest BCUT2D eigenvalue weighted by Gasteiger charge is 2.09. The first-order valence-corrected chi connectivity index (χ1v) is 6.32. The second-order valence-electron chi connectivity index (χ2n) is 4.13. The Kier molecular flexibility index (Phi) is 4.73. The molecule has 6 heteroatoms. The van der Waals surface area contributed by atoms with E-state index in [2.05, 4.69) is 15.3 Å². The summed E-state index contributed by atoms with van der Waals surface area (Å²) in [7, 11) is 1.66. The molecule has 6 nitrogen and oxygen atoms in total. The van der Waals surface area contributed by atoms with Gasteiger partial charge in [-0.2, -0.15) is 4.98 Å².